The molecule has 0 spiro atoms. The van der Waals surface area contributed by atoms with Crippen molar-refractivity contribution in [3.8, 4) is 17.0 Å². The number of likely N-dealkylation sites (tertiary alicyclic amines) is 1. The van der Waals surface area contributed by atoms with Gasteiger partial charge in [-0.3, -0.25) is 14.5 Å². The Bertz CT molecular complexity index is 1880. The lowest BCUT2D eigenvalue weighted by Gasteiger charge is -2.40. The number of benzene rings is 2. The van der Waals surface area contributed by atoms with Gasteiger partial charge in [-0.15, -0.1) is 0 Å². The molecular formula is C36H45N5O5S. The number of methoxy groups -OCH3 is 1. The van der Waals surface area contributed by atoms with E-state index in [2.05, 4.69) is 32.2 Å². The lowest BCUT2D eigenvalue weighted by molar-refractivity contribution is -0.141. The van der Waals surface area contributed by atoms with Gasteiger partial charge in [0.05, 0.1) is 18.2 Å². The van der Waals surface area contributed by atoms with Gasteiger partial charge in [0.25, 0.3) is 5.91 Å². The molecule has 2 saturated heterocycles. The Labute approximate surface area is 277 Å². The second kappa shape index (κ2) is 11.1. The molecule has 3 aliphatic heterocycles. The van der Waals surface area contributed by atoms with Crippen LogP contribution in [0.2, 0.25) is 0 Å². The zero-order chi connectivity index (χ0) is 32.8. The fourth-order valence-corrected chi connectivity index (χ4v) is 9.91. The minimum absolute atomic E-state index is 0.0318. The van der Waals surface area contributed by atoms with Crippen LogP contribution in [0.3, 0.4) is 0 Å². The molecule has 8 rings (SSSR count). The van der Waals surface area contributed by atoms with Gasteiger partial charge in [-0.1, -0.05) is 37.5 Å². The molecule has 1 aromatic heterocycles. The number of carbonyl (C=O) groups excluding carboxylic acids is 2. The van der Waals surface area contributed by atoms with Gasteiger partial charge in [-0.25, -0.2) is 4.72 Å². The summed E-state index contributed by atoms with van der Waals surface area (Å²) < 4.78 is 36.7. The smallest absolute Gasteiger partial charge is 0.303 e. The van der Waals surface area contributed by atoms with Crippen molar-refractivity contribution in [2.75, 3.05) is 41.3 Å². The summed E-state index contributed by atoms with van der Waals surface area (Å²) in [6.07, 6.45) is 8.75. The summed E-state index contributed by atoms with van der Waals surface area (Å²) in [5.41, 5.74) is 5.17. The van der Waals surface area contributed by atoms with Gasteiger partial charge < -0.3 is 14.2 Å². The van der Waals surface area contributed by atoms with E-state index in [1.807, 2.05) is 24.3 Å². The lowest BCUT2D eigenvalue weighted by atomic mass is 9.81. The molecule has 3 aromatic rings. The fourth-order valence-electron chi connectivity index (χ4n) is 9.37. The van der Waals surface area contributed by atoms with Crippen molar-refractivity contribution >= 4 is 32.9 Å². The molecule has 4 fully saturated rings. The maximum absolute atomic E-state index is 14.9. The van der Waals surface area contributed by atoms with E-state index in [-0.39, 0.29) is 17.4 Å². The first kappa shape index (κ1) is 30.9. The van der Waals surface area contributed by atoms with Crippen LogP contribution in [0.4, 0.5) is 0 Å². The lowest BCUT2D eigenvalue weighted by Crippen LogP contribution is -2.55. The number of nitrogens with zero attached hydrogens (tertiary/aromatic N) is 4. The van der Waals surface area contributed by atoms with E-state index in [1.54, 1.807) is 13.2 Å². The molecule has 5 aliphatic rings. The Kier molecular flexibility index (Phi) is 7.27. The number of piperazine rings is 1. The van der Waals surface area contributed by atoms with E-state index >= 15 is 0 Å². The number of hydrogen-bond acceptors (Lipinski definition) is 6. The number of aromatic nitrogens is 1. The number of hydrogen-bond donors (Lipinski definition) is 1. The molecule has 4 atom stereocenters. The number of carbonyl (C=O) groups is 2. The maximum Gasteiger partial charge on any atom is 0.303 e. The Morgan fingerprint density at radius 3 is 2.38 bits per heavy atom. The first-order valence-electron chi connectivity index (χ1n) is 17.1. The molecule has 4 heterocycles. The van der Waals surface area contributed by atoms with Crippen LogP contribution in [0.5, 0.6) is 5.75 Å². The van der Waals surface area contributed by atoms with E-state index in [0.29, 0.717) is 24.5 Å². The predicted molar refractivity (Wildman–Crippen MR) is 181 cm³/mol. The number of fused-ring (bicyclic) bond motifs is 9. The highest BCUT2D eigenvalue weighted by Gasteiger charge is 2.65. The standard InChI is InChI=1S/C36H45N5O5S/c1-38(2)47(44,45)37-34(42)23-13-16-26-29(17-23)41-21-36(35(43)40-19-24-14-15-25(20-40)39(24)3)18-28(36)32-27(11-8-12-30(32)46-4)33(41)31(26)22-9-6-5-7-10-22/h8,11-13,16-17,22,24-25,28H,5-7,9-10,14-15,18-21H2,1-4H3,(H,37,42). The highest BCUT2D eigenvalue weighted by Crippen LogP contribution is 2.67. The third kappa shape index (κ3) is 4.75. The molecule has 4 unspecified atom stereocenters. The number of likely N-dealkylation sites (N-methyl/N-ethyl adjacent to an activating group) is 1. The van der Waals surface area contributed by atoms with Crippen molar-refractivity contribution in [2.45, 2.75) is 81.8 Å². The summed E-state index contributed by atoms with van der Waals surface area (Å²) in [4.78, 5) is 32.8. The highest BCUT2D eigenvalue weighted by molar-refractivity contribution is 7.87. The number of amides is 2. The van der Waals surface area contributed by atoms with Crippen LogP contribution < -0.4 is 9.46 Å². The summed E-state index contributed by atoms with van der Waals surface area (Å²) in [6.45, 7) is 2.03. The quantitative estimate of drug-likeness (QED) is 0.412. The molecule has 2 saturated carbocycles. The van der Waals surface area contributed by atoms with Crippen molar-refractivity contribution in [1.29, 1.82) is 0 Å². The Hall–Kier alpha value is -3.41. The minimum Gasteiger partial charge on any atom is -0.496 e. The first-order valence-corrected chi connectivity index (χ1v) is 18.6. The van der Waals surface area contributed by atoms with E-state index in [4.69, 9.17) is 4.74 Å². The van der Waals surface area contributed by atoms with Crippen LogP contribution in [-0.4, -0.2) is 92.3 Å². The predicted octanol–water partition coefficient (Wildman–Crippen LogP) is 4.69. The van der Waals surface area contributed by atoms with Gasteiger partial charge in [0.15, 0.2) is 0 Å². The van der Waals surface area contributed by atoms with Crippen molar-refractivity contribution in [3.63, 3.8) is 0 Å². The highest BCUT2D eigenvalue weighted by atomic mass is 32.2. The zero-order valence-electron chi connectivity index (χ0n) is 27.8. The van der Waals surface area contributed by atoms with Gasteiger partial charge >= 0.3 is 10.2 Å². The van der Waals surface area contributed by atoms with E-state index < -0.39 is 21.5 Å². The van der Waals surface area contributed by atoms with Gasteiger partial charge in [-0.05, 0) is 68.8 Å². The molecular weight excluding hydrogens is 614 g/mol. The number of rotatable bonds is 6. The summed E-state index contributed by atoms with van der Waals surface area (Å²) in [5, 5.41) is 1.08. The van der Waals surface area contributed by atoms with E-state index in [9.17, 15) is 18.0 Å². The second-order valence-electron chi connectivity index (χ2n) is 14.7. The molecule has 11 heteroatoms. The maximum atomic E-state index is 14.9. The summed E-state index contributed by atoms with van der Waals surface area (Å²) in [6, 6.07) is 12.6. The van der Waals surface area contributed by atoms with Gasteiger partial charge in [-0.2, -0.15) is 12.7 Å². The topological polar surface area (TPSA) is 104 Å². The molecule has 2 bridgehead atoms. The van der Waals surface area contributed by atoms with Crippen LogP contribution in [0, 0.1) is 5.41 Å². The third-order valence-corrected chi connectivity index (χ3v) is 13.5. The Balaban J connectivity index is 1.32. The van der Waals surface area contributed by atoms with Crippen LogP contribution in [-0.2, 0) is 21.5 Å². The normalized spacial score (nSPS) is 27.3. The van der Waals surface area contributed by atoms with Crippen molar-refractivity contribution in [1.82, 2.24) is 23.4 Å². The van der Waals surface area contributed by atoms with Gasteiger partial charge in [0.2, 0.25) is 5.91 Å². The Morgan fingerprint density at radius 1 is 0.979 bits per heavy atom. The summed E-state index contributed by atoms with van der Waals surface area (Å²) in [7, 11) is 2.73. The van der Waals surface area contributed by atoms with Crippen LogP contribution in [0.1, 0.15) is 84.7 Å². The Morgan fingerprint density at radius 2 is 1.70 bits per heavy atom. The van der Waals surface area contributed by atoms with Crippen LogP contribution in [0.25, 0.3) is 22.2 Å². The average molecular weight is 660 g/mol. The number of ether oxygens (including phenoxy) is 1. The average Bonchev–Trinajstić information content (AvgIpc) is 3.68. The van der Waals surface area contributed by atoms with Gasteiger partial charge in [0, 0.05) is 79.3 Å². The monoisotopic (exact) mass is 659 g/mol. The molecule has 2 aromatic carbocycles. The fraction of sp³-hybridized carbons (Fsp3) is 0.556. The second-order valence-corrected chi connectivity index (χ2v) is 16.6. The molecule has 250 valence electrons. The van der Waals surface area contributed by atoms with E-state index in [1.165, 1.54) is 38.9 Å². The summed E-state index contributed by atoms with van der Waals surface area (Å²) >= 11 is 0. The molecule has 1 N–H and O–H groups in total. The zero-order valence-corrected chi connectivity index (χ0v) is 28.6. The van der Waals surface area contributed by atoms with Crippen molar-refractivity contribution in [2.24, 2.45) is 5.41 Å². The van der Waals surface area contributed by atoms with E-state index in [0.717, 1.165) is 83.0 Å². The molecule has 47 heavy (non-hydrogen) atoms. The van der Waals surface area contributed by atoms with Gasteiger partial charge in [0.1, 0.15) is 5.75 Å². The number of nitrogens with one attached hydrogen (secondary N) is 1. The van der Waals surface area contributed by atoms with Crippen molar-refractivity contribution < 1.29 is 22.7 Å². The molecule has 2 aliphatic carbocycles. The third-order valence-electron chi connectivity index (χ3n) is 12.0. The molecule has 10 nitrogen and oxygen atoms in total. The van der Waals surface area contributed by atoms with Crippen LogP contribution in [0.15, 0.2) is 36.4 Å². The van der Waals surface area contributed by atoms with Crippen molar-refractivity contribution in [3.05, 3.63) is 53.1 Å². The molecule has 2 amide bonds. The minimum atomic E-state index is -3.97. The SMILES string of the molecule is COc1cccc2c1C1CC1(C(=O)N1CC3CCC(C1)N3C)Cn1c-2c(C2CCCCC2)c2ccc(C(=O)NS(=O)(=O)N(C)C)cc21. The van der Waals surface area contributed by atoms with Crippen LogP contribution >= 0.6 is 0 Å². The summed E-state index contributed by atoms with van der Waals surface area (Å²) in [5.74, 6) is 0.759. The first-order chi connectivity index (χ1) is 22.5. The largest absolute Gasteiger partial charge is 0.496 e. The molecule has 0 radical (unpaired) electrons.